The average Bonchev–Trinajstić information content (AvgIpc) is 3.29. The number of likely N-dealkylation sites (N-methyl/N-ethyl adjacent to an activating group) is 1. The molecule has 0 unspecified atom stereocenters. The Morgan fingerprint density at radius 1 is 1.14 bits per heavy atom. The molecule has 2 aromatic heterocycles. The number of hydrogen-bond acceptors (Lipinski definition) is 5. The predicted molar refractivity (Wildman–Crippen MR) is 98.9 cm³/mol. The Morgan fingerprint density at radius 3 is 2.72 bits per heavy atom. The third kappa shape index (κ3) is 3.21. The van der Waals surface area contributed by atoms with E-state index in [1.165, 1.54) is 12.1 Å². The van der Waals surface area contributed by atoms with Crippen LogP contribution in [0.25, 0.3) is 11.5 Å². The molecule has 0 spiro atoms. The Balaban J connectivity index is 1.40. The summed E-state index contributed by atoms with van der Waals surface area (Å²) in [6, 6.07) is 3.15. The molecule has 0 atom stereocenters. The maximum absolute atomic E-state index is 13.5. The molecule has 0 radical (unpaired) electrons. The Hall–Kier alpha value is -3.07. The highest BCUT2D eigenvalue weighted by molar-refractivity contribution is 5.94. The van der Waals surface area contributed by atoms with Gasteiger partial charge in [0.15, 0.2) is 5.69 Å². The fraction of sp³-hybridized carbons (Fsp3) is 0.350. The molecule has 29 heavy (non-hydrogen) atoms. The molecule has 5 rings (SSSR count). The lowest BCUT2D eigenvalue weighted by atomic mass is 10.0. The number of carbonyl (C=O) groups excluding carboxylic acids is 1. The summed E-state index contributed by atoms with van der Waals surface area (Å²) < 4.78 is 32.7. The van der Waals surface area contributed by atoms with E-state index in [1.54, 1.807) is 4.90 Å². The number of amides is 1. The van der Waals surface area contributed by atoms with Crippen LogP contribution in [0.5, 0.6) is 0 Å². The van der Waals surface area contributed by atoms with Gasteiger partial charge in [-0.3, -0.25) is 9.89 Å². The van der Waals surface area contributed by atoms with Crippen LogP contribution in [0.1, 0.15) is 33.2 Å². The number of halogens is 2. The summed E-state index contributed by atoms with van der Waals surface area (Å²) in [5, 5.41) is 7.26. The Labute approximate surface area is 165 Å². The number of nitrogens with one attached hydrogen (secondary N) is 1. The van der Waals surface area contributed by atoms with Gasteiger partial charge >= 0.3 is 0 Å². The molecule has 1 N–H and O–H groups in total. The van der Waals surface area contributed by atoms with Gasteiger partial charge < -0.3 is 14.2 Å². The van der Waals surface area contributed by atoms with E-state index in [-0.39, 0.29) is 23.9 Å². The fourth-order valence-electron chi connectivity index (χ4n) is 3.93. The average molecular weight is 399 g/mol. The number of hydrogen-bond donors (Lipinski definition) is 1. The van der Waals surface area contributed by atoms with Crippen LogP contribution in [0, 0.1) is 11.6 Å². The topological polar surface area (TPSA) is 78.3 Å². The van der Waals surface area contributed by atoms with Gasteiger partial charge in [-0.05, 0) is 19.2 Å². The smallest absolute Gasteiger partial charge is 0.275 e. The molecule has 4 heterocycles. The van der Waals surface area contributed by atoms with Gasteiger partial charge in [-0.15, -0.1) is 0 Å². The minimum absolute atomic E-state index is 0.148. The van der Waals surface area contributed by atoms with Gasteiger partial charge in [-0.2, -0.15) is 5.10 Å². The van der Waals surface area contributed by atoms with Gasteiger partial charge in [0.25, 0.3) is 5.91 Å². The molecule has 1 aromatic carbocycles. The highest BCUT2D eigenvalue weighted by Crippen LogP contribution is 2.28. The second-order valence-corrected chi connectivity index (χ2v) is 7.54. The van der Waals surface area contributed by atoms with E-state index in [1.807, 2.05) is 7.05 Å². The normalized spacial score (nSPS) is 16.6. The van der Waals surface area contributed by atoms with Gasteiger partial charge in [0.1, 0.15) is 23.1 Å². The molecule has 0 bridgehead atoms. The summed E-state index contributed by atoms with van der Waals surface area (Å²) >= 11 is 0. The summed E-state index contributed by atoms with van der Waals surface area (Å²) in [5.74, 6) is -0.744. The number of rotatable bonds is 2. The summed E-state index contributed by atoms with van der Waals surface area (Å²) in [5.41, 5.74) is 3.25. The van der Waals surface area contributed by atoms with Crippen LogP contribution in [0.2, 0.25) is 0 Å². The van der Waals surface area contributed by atoms with Crippen LogP contribution in [-0.4, -0.2) is 51.0 Å². The van der Waals surface area contributed by atoms with Gasteiger partial charge in [0, 0.05) is 55.4 Å². The molecule has 0 saturated heterocycles. The third-order valence-electron chi connectivity index (χ3n) is 5.45. The number of fused-ring (bicyclic) bond motifs is 2. The number of nitrogens with zero attached hydrogens (tertiary/aromatic N) is 4. The number of aromatic nitrogens is 3. The van der Waals surface area contributed by atoms with Crippen LogP contribution < -0.4 is 0 Å². The van der Waals surface area contributed by atoms with Crippen molar-refractivity contribution in [2.45, 2.75) is 25.9 Å². The van der Waals surface area contributed by atoms with E-state index in [0.29, 0.717) is 36.7 Å². The van der Waals surface area contributed by atoms with Crippen molar-refractivity contribution >= 4 is 5.91 Å². The third-order valence-corrected chi connectivity index (χ3v) is 5.45. The van der Waals surface area contributed by atoms with Crippen molar-refractivity contribution in [1.29, 1.82) is 0 Å². The molecule has 7 nitrogen and oxygen atoms in total. The lowest BCUT2D eigenvalue weighted by Gasteiger charge is -2.26. The van der Waals surface area contributed by atoms with Crippen LogP contribution in [0.4, 0.5) is 8.78 Å². The van der Waals surface area contributed by atoms with E-state index in [0.717, 1.165) is 30.3 Å². The lowest BCUT2D eigenvalue weighted by Crippen LogP contribution is -2.37. The zero-order valence-corrected chi connectivity index (χ0v) is 15.8. The van der Waals surface area contributed by atoms with Crippen molar-refractivity contribution < 1.29 is 18.0 Å². The fourth-order valence-corrected chi connectivity index (χ4v) is 3.93. The van der Waals surface area contributed by atoms with Crippen molar-refractivity contribution in [3.8, 4) is 11.5 Å². The number of aromatic amines is 1. The first-order valence-corrected chi connectivity index (χ1v) is 9.47. The first kappa shape index (κ1) is 18.0. The molecule has 1 amide bonds. The van der Waals surface area contributed by atoms with E-state index in [4.69, 9.17) is 4.42 Å². The maximum Gasteiger partial charge on any atom is 0.275 e. The summed E-state index contributed by atoms with van der Waals surface area (Å²) in [4.78, 5) is 21.3. The maximum atomic E-state index is 13.5. The van der Waals surface area contributed by atoms with Crippen LogP contribution in [-0.2, 0) is 25.9 Å². The van der Waals surface area contributed by atoms with Gasteiger partial charge in [0.05, 0.1) is 6.54 Å². The summed E-state index contributed by atoms with van der Waals surface area (Å²) in [6.07, 6.45) is 1.32. The van der Waals surface area contributed by atoms with Crippen molar-refractivity contribution in [2.75, 3.05) is 20.1 Å². The molecule has 0 saturated carbocycles. The zero-order valence-electron chi connectivity index (χ0n) is 15.8. The summed E-state index contributed by atoms with van der Waals surface area (Å²) in [7, 11) is 2.02. The number of benzene rings is 1. The second kappa shape index (κ2) is 6.77. The first-order valence-electron chi connectivity index (χ1n) is 9.47. The molecule has 9 heteroatoms. The van der Waals surface area contributed by atoms with Crippen LogP contribution in [0.3, 0.4) is 0 Å². The van der Waals surface area contributed by atoms with Crippen molar-refractivity contribution in [3.05, 3.63) is 58.2 Å². The second-order valence-electron chi connectivity index (χ2n) is 7.54. The van der Waals surface area contributed by atoms with Crippen LogP contribution in [0.15, 0.2) is 22.6 Å². The first-order chi connectivity index (χ1) is 14.0. The number of H-pyrrole nitrogens is 1. The molecule has 150 valence electrons. The highest BCUT2D eigenvalue weighted by Gasteiger charge is 2.31. The largest absolute Gasteiger partial charge is 0.441 e. The quantitative estimate of drug-likeness (QED) is 0.717. The molecule has 2 aliphatic heterocycles. The predicted octanol–water partition coefficient (Wildman–Crippen LogP) is 2.53. The van der Waals surface area contributed by atoms with E-state index >= 15 is 0 Å². The Bertz CT molecular complexity index is 1090. The zero-order chi connectivity index (χ0) is 20.1. The lowest BCUT2D eigenvalue weighted by molar-refractivity contribution is 0.0719. The van der Waals surface area contributed by atoms with Crippen molar-refractivity contribution in [1.82, 2.24) is 25.0 Å². The molecule has 0 fully saturated rings. The van der Waals surface area contributed by atoms with Gasteiger partial charge in [-0.1, -0.05) is 0 Å². The van der Waals surface area contributed by atoms with E-state index < -0.39 is 11.6 Å². The number of carbonyl (C=O) groups is 1. The molecular weight excluding hydrogens is 380 g/mol. The number of oxazole rings is 1. The Kier molecular flexibility index (Phi) is 4.20. The monoisotopic (exact) mass is 399 g/mol. The summed E-state index contributed by atoms with van der Waals surface area (Å²) in [6.45, 7) is 2.35. The molecule has 0 aliphatic carbocycles. The van der Waals surface area contributed by atoms with Crippen LogP contribution >= 0.6 is 0 Å². The minimum atomic E-state index is -0.693. The van der Waals surface area contributed by atoms with Crippen molar-refractivity contribution in [2.24, 2.45) is 0 Å². The SMILES string of the molecule is CN1CCc2[nH]nc(C(=O)N3CCc4oc(-c5cc(F)cc(F)c5)nc4C3)c2C1. The molecule has 2 aliphatic rings. The Morgan fingerprint density at radius 2 is 1.93 bits per heavy atom. The molecule has 3 aromatic rings. The van der Waals surface area contributed by atoms with Crippen molar-refractivity contribution in [3.63, 3.8) is 0 Å². The van der Waals surface area contributed by atoms with Gasteiger partial charge in [0.2, 0.25) is 5.89 Å². The van der Waals surface area contributed by atoms with E-state index in [2.05, 4.69) is 20.1 Å². The highest BCUT2D eigenvalue weighted by atomic mass is 19.1. The molecular formula is C20H19F2N5O2. The van der Waals surface area contributed by atoms with E-state index in [9.17, 15) is 13.6 Å². The minimum Gasteiger partial charge on any atom is -0.441 e. The van der Waals surface area contributed by atoms with Gasteiger partial charge in [-0.25, -0.2) is 13.8 Å². The standard InChI is InChI=1S/C20H19F2N5O2/c1-26-4-2-15-14(9-26)18(25-24-15)20(28)27-5-3-17-16(10-27)23-19(29-17)11-6-12(21)8-13(22)7-11/h6-8H,2-5,9-10H2,1H3,(H,24,25).